The molecule has 172 valence electrons. The third-order valence-electron chi connectivity index (χ3n) is 4.76. The summed E-state index contributed by atoms with van der Waals surface area (Å²) in [6, 6.07) is 17.0. The molecule has 3 N–H and O–H groups in total. The van der Waals surface area contributed by atoms with E-state index in [1.165, 1.54) is 12.1 Å². The van der Waals surface area contributed by atoms with E-state index < -0.39 is 23.9 Å². The predicted molar refractivity (Wildman–Crippen MR) is 125 cm³/mol. The van der Waals surface area contributed by atoms with Crippen LogP contribution in [0.1, 0.15) is 37.4 Å². The Hall–Kier alpha value is -3.68. The molecule has 0 saturated carbocycles. The number of carboxylic acids is 1. The zero-order valence-corrected chi connectivity index (χ0v) is 18.9. The maximum absolute atomic E-state index is 12.6. The monoisotopic (exact) mass is 469 g/mol. The van der Waals surface area contributed by atoms with Gasteiger partial charge in [-0.25, -0.2) is 9.59 Å². The number of aliphatic carboxylic acids is 1. The van der Waals surface area contributed by atoms with Gasteiger partial charge in [0.2, 0.25) is 0 Å². The van der Waals surface area contributed by atoms with Crippen LogP contribution in [-0.4, -0.2) is 29.1 Å². The summed E-state index contributed by atoms with van der Waals surface area (Å²) in [5, 5.41) is 9.07. The molecule has 0 aliphatic heterocycles. The van der Waals surface area contributed by atoms with Gasteiger partial charge in [-0.15, -0.1) is 12.4 Å². The fourth-order valence-electron chi connectivity index (χ4n) is 2.88. The van der Waals surface area contributed by atoms with Gasteiger partial charge in [-0.3, -0.25) is 4.79 Å². The molecule has 33 heavy (non-hydrogen) atoms. The van der Waals surface area contributed by atoms with Crippen molar-refractivity contribution in [2.75, 3.05) is 0 Å². The topological polar surface area (TPSA) is 116 Å². The fourth-order valence-corrected chi connectivity index (χ4v) is 2.88. The lowest BCUT2D eigenvalue weighted by Gasteiger charge is -2.14. The van der Waals surface area contributed by atoms with Crippen LogP contribution >= 0.6 is 12.4 Å². The smallest absolute Gasteiger partial charge is 0.343 e. The second-order valence-corrected chi connectivity index (χ2v) is 7.44. The Bertz CT molecular complexity index is 1140. The Balaban J connectivity index is 0.00000385. The van der Waals surface area contributed by atoms with E-state index in [4.69, 9.17) is 20.3 Å². The fraction of sp³-hybridized carbons (Fsp3) is 0.160. The molecular formula is C25H24ClNO6. The molecule has 0 aromatic heterocycles. The number of aryl methyl sites for hydroxylation is 2. The quantitative estimate of drug-likeness (QED) is 0.395. The summed E-state index contributed by atoms with van der Waals surface area (Å²) in [5.41, 5.74) is 8.77. The lowest BCUT2D eigenvalue weighted by atomic mass is 10.1. The van der Waals surface area contributed by atoms with E-state index in [9.17, 15) is 14.4 Å². The minimum atomic E-state index is -1.15. The molecule has 0 aliphatic carbocycles. The van der Waals surface area contributed by atoms with Gasteiger partial charge in [0.25, 0.3) is 0 Å². The third kappa shape index (κ3) is 6.90. The van der Waals surface area contributed by atoms with Gasteiger partial charge in [-0.1, -0.05) is 41.5 Å². The summed E-state index contributed by atoms with van der Waals surface area (Å²) >= 11 is 0. The first-order valence-electron chi connectivity index (χ1n) is 9.92. The normalized spacial score (nSPS) is 11.1. The summed E-state index contributed by atoms with van der Waals surface area (Å²) in [5.74, 6) is -2.39. The van der Waals surface area contributed by atoms with E-state index in [2.05, 4.69) is 0 Å². The van der Waals surface area contributed by atoms with Crippen LogP contribution in [0.4, 0.5) is 0 Å². The Kier molecular flexibility index (Phi) is 8.73. The Morgan fingerprint density at radius 2 is 1.24 bits per heavy atom. The van der Waals surface area contributed by atoms with Crippen molar-refractivity contribution >= 4 is 30.3 Å². The average Bonchev–Trinajstić information content (AvgIpc) is 2.76. The molecule has 0 fully saturated rings. The summed E-state index contributed by atoms with van der Waals surface area (Å²) in [6.07, 6.45) is 0.0105. The van der Waals surface area contributed by atoms with Crippen LogP contribution in [0, 0.1) is 13.8 Å². The summed E-state index contributed by atoms with van der Waals surface area (Å²) in [4.78, 5) is 36.3. The van der Waals surface area contributed by atoms with Gasteiger partial charge in [-0.2, -0.15) is 0 Å². The van der Waals surface area contributed by atoms with E-state index in [1.54, 1.807) is 54.6 Å². The number of carbonyl (C=O) groups is 3. The van der Waals surface area contributed by atoms with Crippen molar-refractivity contribution in [1.82, 2.24) is 0 Å². The minimum absolute atomic E-state index is 0. The zero-order chi connectivity index (χ0) is 23.3. The van der Waals surface area contributed by atoms with Crippen molar-refractivity contribution in [3.05, 3.63) is 94.5 Å². The molecule has 1 atom stereocenters. The molecule has 0 amide bonds. The molecule has 0 radical (unpaired) electrons. The van der Waals surface area contributed by atoms with Crippen molar-refractivity contribution in [1.29, 1.82) is 0 Å². The van der Waals surface area contributed by atoms with Crippen LogP contribution in [-0.2, 0) is 11.2 Å². The number of carboxylic acid groups (broad SMARTS) is 1. The van der Waals surface area contributed by atoms with Crippen LogP contribution in [0.15, 0.2) is 66.7 Å². The number of rotatable bonds is 7. The van der Waals surface area contributed by atoms with E-state index >= 15 is 0 Å². The van der Waals surface area contributed by atoms with Crippen molar-refractivity contribution in [2.45, 2.75) is 26.3 Å². The first-order valence-corrected chi connectivity index (χ1v) is 9.92. The van der Waals surface area contributed by atoms with Crippen molar-refractivity contribution in [3.8, 4) is 11.5 Å². The molecule has 0 bridgehead atoms. The Labute approximate surface area is 197 Å². The first-order chi connectivity index (χ1) is 15.2. The number of benzene rings is 3. The van der Waals surface area contributed by atoms with Crippen LogP contribution in [0.2, 0.25) is 0 Å². The second kappa shape index (κ2) is 11.3. The highest BCUT2D eigenvalue weighted by Crippen LogP contribution is 2.30. The number of carbonyl (C=O) groups excluding carboxylic acids is 2. The zero-order valence-electron chi connectivity index (χ0n) is 18.1. The number of halogens is 1. The lowest BCUT2D eigenvalue weighted by molar-refractivity contribution is -0.138. The maximum atomic E-state index is 12.6. The van der Waals surface area contributed by atoms with Gasteiger partial charge >= 0.3 is 17.9 Å². The predicted octanol–water partition coefficient (Wildman–Crippen LogP) is 4.12. The Morgan fingerprint density at radius 3 is 1.70 bits per heavy atom. The molecule has 0 heterocycles. The van der Waals surface area contributed by atoms with Gasteiger partial charge in [0.1, 0.15) is 6.04 Å². The molecule has 8 heteroatoms. The van der Waals surface area contributed by atoms with Gasteiger partial charge < -0.3 is 20.3 Å². The Morgan fingerprint density at radius 1 is 0.788 bits per heavy atom. The molecular weight excluding hydrogens is 446 g/mol. The number of hydrogen-bond acceptors (Lipinski definition) is 6. The molecule has 1 unspecified atom stereocenters. The summed E-state index contributed by atoms with van der Waals surface area (Å²) < 4.78 is 11.0. The van der Waals surface area contributed by atoms with E-state index in [1.807, 2.05) is 13.8 Å². The highest BCUT2D eigenvalue weighted by Gasteiger charge is 2.19. The third-order valence-corrected chi connectivity index (χ3v) is 4.76. The molecule has 7 nitrogen and oxygen atoms in total. The molecule has 3 aromatic carbocycles. The summed E-state index contributed by atoms with van der Waals surface area (Å²) in [6.45, 7) is 3.80. The van der Waals surface area contributed by atoms with Crippen LogP contribution in [0.25, 0.3) is 0 Å². The van der Waals surface area contributed by atoms with Gasteiger partial charge in [0, 0.05) is 0 Å². The van der Waals surface area contributed by atoms with E-state index in [0.717, 1.165) is 11.1 Å². The molecule has 0 aliphatic rings. The second-order valence-electron chi connectivity index (χ2n) is 7.44. The number of esters is 2. The van der Waals surface area contributed by atoms with Crippen LogP contribution in [0.3, 0.4) is 0 Å². The van der Waals surface area contributed by atoms with Crippen LogP contribution < -0.4 is 15.2 Å². The van der Waals surface area contributed by atoms with E-state index in [-0.39, 0.29) is 30.3 Å². The lowest BCUT2D eigenvalue weighted by Crippen LogP contribution is -2.32. The van der Waals surface area contributed by atoms with Gasteiger partial charge in [0.15, 0.2) is 11.5 Å². The van der Waals surface area contributed by atoms with Crippen LogP contribution in [0.5, 0.6) is 11.5 Å². The molecule has 3 aromatic rings. The first kappa shape index (κ1) is 25.6. The number of nitrogens with two attached hydrogens (primary N) is 1. The highest BCUT2D eigenvalue weighted by atomic mass is 35.5. The molecule has 0 spiro atoms. The van der Waals surface area contributed by atoms with Gasteiger partial charge in [-0.05, 0) is 62.2 Å². The van der Waals surface area contributed by atoms with E-state index in [0.29, 0.717) is 16.7 Å². The van der Waals surface area contributed by atoms with Crippen molar-refractivity contribution in [3.63, 3.8) is 0 Å². The highest BCUT2D eigenvalue weighted by molar-refractivity contribution is 5.93. The SMILES string of the molecule is Cc1ccc(C(=O)Oc2ccc(CC(N)C(=O)O)cc2OC(=O)c2ccc(C)cc2)cc1.Cl. The largest absolute Gasteiger partial charge is 0.480 e. The molecule has 0 saturated heterocycles. The number of hydrogen-bond donors (Lipinski definition) is 2. The van der Waals surface area contributed by atoms with Crippen molar-refractivity contribution in [2.24, 2.45) is 5.73 Å². The van der Waals surface area contributed by atoms with Gasteiger partial charge in [0.05, 0.1) is 11.1 Å². The minimum Gasteiger partial charge on any atom is -0.480 e. The standard InChI is InChI=1S/C25H23NO6.ClH/c1-15-3-8-18(9-4-15)24(29)31-21-12-7-17(13-20(26)23(27)28)14-22(21)32-25(30)19-10-5-16(2)6-11-19;/h3-12,14,20H,13,26H2,1-2H3,(H,27,28);1H. The average molecular weight is 470 g/mol. The van der Waals surface area contributed by atoms with Crippen molar-refractivity contribution < 1.29 is 29.0 Å². The number of ether oxygens (including phenoxy) is 2. The maximum Gasteiger partial charge on any atom is 0.343 e. The molecule has 3 rings (SSSR count). The summed E-state index contributed by atoms with van der Waals surface area (Å²) in [7, 11) is 0.